The Hall–Kier alpha value is -1.68. The molecule has 20 heavy (non-hydrogen) atoms. The zero-order valence-electron chi connectivity index (χ0n) is 11.6. The minimum Gasteiger partial charge on any atom is -0.497 e. The van der Waals surface area contributed by atoms with E-state index >= 15 is 0 Å². The van der Waals surface area contributed by atoms with Crippen molar-refractivity contribution in [1.29, 1.82) is 0 Å². The summed E-state index contributed by atoms with van der Waals surface area (Å²) in [7, 11) is 1.64. The predicted octanol–water partition coefficient (Wildman–Crippen LogP) is 3.23. The molecular weight excluding hydrogens is 270 g/mol. The summed E-state index contributed by atoms with van der Waals surface area (Å²) in [5.74, 6) is 2.05. The van der Waals surface area contributed by atoms with Gasteiger partial charge in [-0.05, 0) is 30.3 Å². The zero-order chi connectivity index (χ0) is 14.2. The normalized spacial score (nSPS) is 28.4. The van der Waals surface area contributed by atoms with Crippen molar-refractivity contribution < 1.29 is 9.53 Å². The van der Waals surface area contributed by atoms with Gasteiger partial charge in [-0.3, -0.25) is 9.69 Å². The van der Waals surface area contributed by atoms with Gasteiger partial charge in [-0.25, -0.2) is 0 Å². The van der Waals surface area contributed by atoms with Gasteiger partial charge in [-0.15, -0.1) is 11.8 Å². The average Bonchev–Trinajstić information content (AvgIpc) is 2.80. The van der Waals surface area contributed by atoms with Gasteiger partial charge in [-0.1, -0.05) is 19.1 Å². The SMILES string of the molecule is COc1ccc(N2C(=O)C=C[C@]23SCC=CC3C)cc1. The van der Waals surface area contributed by atoms with Crippen LogP contribution in [0.25, 0.3) is 0 Å². The molecule has 0 bridgehead atoms. The first-order valence-corrected chi connectivity index (χ1v) is 7.64. The highest BCUT2D eigenvalue weighted by molar-refractivity contribution is 8.01. The van der Waals surface area contributed by atoms with Crippen molar-refractivity contribution in [2.45, 2.75) is 11.8 Å². The summed E-state index contributed by atoms with van der Waals surface area (Å²) in [5.41, 5.74) is 0.912. The molecule has 2 heterocycles. The van der Waals surface area contributed by atoms with Gasteiger partial charge in [0.15, 0.2) is 0 Å². The summed E-state index contributed by atoms with van der Waals surface area (Å²) in [6.07, 6.45) is 8.09. The van der Waals surface area contributed by atoms with Crippen molar-refractivity contribution in [2.75, 3.05) is 17.8 Å². The standard InChI is InChI=1S/C16H17NO2S/c1-12-4-3-11-20-16(12)10-9-15(18)17(16)13-5-7-14(19-2)8-6-13/h3-10,12H,11H2,1-2H3/t12?,16-/m1/s1. The molecule has 104 valence electrons. The zero-order valence-corrected chi connectivity index (χ0v) is 12.4. The molecule has 1 aromatic carbocycles. The van der Waals surface area contributed by atoms with Gasteiger partial charge in [0.25, 0.3) is 5.91 Å². The van der Waals surface area contributed by atoms with Crippen LogP contribution in [0.4, 0.5) is 5.69 Å². The molecule has 0 fully saturated rings. The van der Waals surface area contributed by atoms with E-state index in [1.54, 1.807) is 24.9 Å². The number of rotatable bonds is 2. The van der Waals surface area contributed by atoms with Gasteiger partial charge in [0.1, 0.15) is 10.6 Å². The molecule has 0 N–H and O–H groups in total. The summed E-state index contributed by atoms with van der Waals surface area (Å²) >= 11 is 1.80. The Morgan fingerprint density at radius 3 is 2.75 bits per heavy atom. The molecule has 0 saturated heterocycles. The molecule has 0 aromatic heterocycles. The fraction of sp³-hybridized carbons (Fsp3) is 0.312. The number of nitrogens with zero attached hydrogens (tertiary/aromatic N) is 1. The summed E-state index contributed by atoms with van der Waals surface area (Å²) in [6, 6.07) is 7.67. The minimum atomic E-state index is -0.291. The second-order valence-corrected chi connectivity index (χ2v) is 6.26. The Morgan fingerprint density at radius 1 is 1.35 bits per heavy atom. The lowest BCUT2D eigenvalue weighted by atomic mass is 9.99. The maximum absolute atomic E-state index is 12.3. The fourth-order valence-electron chi connectivity index (χ4n) is 2.75. The maximum atomic E-state index is 12.3. The minimum absolute atomic E-state index is 0.0461. The van der Waals surface area contributed by atoms with Gasteiger partial charge in [0.2, 0.25) is 0 Å². The number of carbonyl (C=O) groups is 1. The number of thioether (sulfide) groups is 1. The van der Waals surface area contributed by atoms with Crippen molar-refractivity contribution in [3.63, 3.8) is 0 Å². The van der Waals surface area contributed by atoms with Crippen molar-refractivity contribution in [2.24, 2.45) is 5.92 Å². The second kappa shape index (κ2) is 5.02. The quantitative estimate of drug-likeness (QED) is 0.782. The van der Waals surface area contributed by atoms with Gasteiger partial charge in [-0.2, -0.15) is 0 Å². The number of amides is 1. The molecule has 0 radical (unpaired) electrons. The van der Waals surface area contributed by atoms with Crippen LogP contribution in [0.3, 0.4) is 0 Å². The molecule has 2 aliphatic heterocycles. The second-order valence-electron chi connectivity index (χ2n) is 4.98. The summed E-state index contributed by atoms with van der Waals surface area (Å²) < 4.78 is 5.18. The highest BCUT2D eigenvalue weighted by atomic mass is 32.2. The lowest BCUT2D eigenvalue weighted by molar-refractivity contribution is -0.114. The highest BCUT2D eigenvalue weighted by Gasteiger charge is 2.46. The number of hydrogen-bond donors (Lipinski definition) is 0. The van der Waals surface area contributed by atoms with Crippen molar-refractivity contribution >= 4 is 23.4 Å². The lowest BCUT2D eigenvalue weighted by Crippen LogP contribution is -2.49. The van der Waals surface area contributed by atoms with Crippen LogP contribution in [0.5, 0.6) is 5.75 Å². The number of anilines is 1. The average molecular weight is 287 g/mol. The van der Waals surface area contributed by atoms with E-state index in [1.165, 1.54) is 0 Å². The molecule has 1 amide bonds. The largest absolute Gasteiger partial charge is 0.497 e. The van der Waals surface area contributed by atoms with Gasteiger partial charge >= 0.3 is 0 Å². The van der Waals surface area contributed by atoms with Gasteiger partial charge < -0.3 is 4.74 Å². The van der Waals surface area contributed by atoms with Crippen molar-refractivity contribution in [1.82, 2.24) is 0 Å². The number of methoxy groups -OCH3 is 1. The van der Waals surface area contributed by atoms with E-state index in [4.69, 9.17) is 4.74 Å². The van der Waals surface area contributed by atoms with Crippen molar-refractivity contribution in [3.05, 3.63) is 48.6 Å². The molecule has 2 aliphatic rings. The number of carbonyl (C=O) groups excluding carboxylic acids is 1. The van der Waals surface area contributed by atoms with Gasteiger partial charge in [0.05, 0.1) is 7.11 Å². The van der Waals surface area contributed by atoms with Crippen LogP contribution in [0, 0.1) is 5.92 Å². The van der Waals surface area contributed by atoms with Crippen LogP contribution in [0.1, 0.15) is 6.92 Å². The van der Waals surface area contributed by atoms with E-state index in [0.717, 1.165) is 17.2 Å². The van der Waals surface area contributed by atoms with Crippen LogP contribution in [0.2, 0.25) is 0 Å². The molecule has 4 heteroatoms. The Kier molecular flexibility index (Phi) is 3.34. The molecule has 1 spiro atoms. The monoisotopic (exact) mass is 287 g/mol. The third-order valence-corrected chi connectivity index (χ3v) is 5.37. The fourth-order valence-corrected chi connectivity index (χ4v) is 4.06. The van der Waals surface area contributed by atoms with Crippen LogP contribution < -0.4 is 9.64 Å². The predicted molar refractivity (Wildman–Crippen MR) is 83.1 cm³/mol. The highest BCUT2D eigenvalue weighted by Crippen LogP contribution is 2.47. The number of benzene rings is 1. The Morgan fingerprint density at radius 2 is 2.10 bits per heavy atom. The molecule has 3 nitrogen and oxygen atoms in total. The van der Waals surface area contributed by atoms with E-state index in [2.05, 4.69) is 19.1 Å². The molecule has 0 saturated carbocycles. The topological polar surface area (TPSA) is 29.5 Å². The van der Waals surface area contributed by atoms with Crippen molar-refractivity contribution in [3.8, 4) is 5.75 Å². The van der Waals surface area contributed by atoms with E-state index in [1.807, 2.05) is 35.2 Å². The smallest absolute Gasteiger partial charge is 0.252 e. The van der Waals surface area contributed by atoms with E-state index < -0.39 is 0 Å². The summed E-state index contributed by atoms with van der Waals surface area (Å²) in [5, 5.41) is 0. The molecule has 1 aromatic rings. The third kappa shape index (κ3) is 1.95. The van der Waals surface area contributed by atoms with Crippen LogP contribution in [-0.4, -0.2) is 23.6 Å². The molecule has 1 unspecified atom stereocenters. The van der Waals surface area contributed by atoms with Crippen LogP contribution in [-0.2, 0) is 4.79 Å². The lowest BCUT2D eigenvalue weighted by Gasteiger charge is -2.42. The molecule has 3 rings (SSSR count). The number of ether oxygens (including phenoxy) is 1. The van der Waals surface area contributed by atoms with Crippen LogP contribution in [0.15, 0.2) is 48.6 Å². The Bertz CT molecular complexity index is 579. The number of hydrogen-bond acceptors (Lipinski definition) is 3. The molecular formula is C16H17NO2S. The van der Waals surface area contributed by atoms with E-state index in [9.17, 15) is 4.79 Å². The summed E-state index contributed by atoms with van der Waals surface area (Å²) in [6.45, 7) is 2.15. The first-order valence-electron chi connectivity index (χ1n) is 6.65. The molecule has 2 atom stereocenters. The van der Waals surface area contributed by atoms with E-state index in [0.29, 0.717) is 0 Å². The molecule has 0 aliphatic carbocycles. The first-order chi connectivity index (χ1) is 9.67. The Balaban J connectivity index is 2.01. The van der Waals surface area contributed by atoms with Gasteiger partial charge in [0, 0.05) is 23.4 Å². The maximum Gasteiger partial charge on any atom is 0.252 e. The third-order valence-electron chi connectivity index (χ3n) is 3.85. The van der Waals surface area contributed by atoms with E-state index in [-0.39, 0.29) is 16.7 Å². The Labute approximate surface area is 123 Å². The van der Waals surface area contributed by atoms with Crippen LogP contribution >= 0.6 is 11.8 Å². The summed E-state index contributed by atoms with van der Waals surface area (Å²) in [4.78, 5) is 13.9. The first kappa shape index (κ1) is 13.3.